The smallest absolute Gasteiger partial charge is 0.191 e. The SMILES string of the molecule is CCCCCC(OCC)C(C(=O)S)C(CC)[SiH](C)C. The van der Waals surface area contributed by atoms with E-state index < -0.39 is 8.80 Å². The van der Waals surface area contributed by atoms with Gasteiger partial charge in [0.15, 0.2) is 5.12 Å². The molecule has 0 aromatic heterocycles. The second-order valence-corrected chi connectivity index (χ2v) is 9.45. The minimum atomic E-state index is -0.871. The van der Waals surface area contributed by atoms with Gasteiger partial charge in [0.1, 0.15) is 0 Å². The summed E-state index contributed by atoms with van der Waals surface area (Å²) in [6.07, 6.45) is 5.70. The van der Waals surface area contributed by atoms with E-state index in [0.717, 1.165) is 19.3 Å². The lowest BCUT2D eigenvalue weighted by atomic mass is 9.93. The average molecular weight is 305 g/mol. The predicted molar refractivity (Wildman–Crippen MR) is 90.0 cm³/mol. The summed E-state index contributed by atoms with van der Waals surface area (Å²) < 4.78 is 5.90. The van der Waals surface area contributed by atoms with Gasteiger partial charge in [0, 0.05) is 15.4 Å². The van der Waals surface area contributed by atoms with Gasteiger partial charge in [-0.15, -0.1) is 12.6 Å². The second kappa shape index (κ2) is 10.9. The number of ether oxygens (including phenoxy) is 1. The Bertz CT molecular complexity index is 246. The van der Waals surface area contributed by atoms with Crippen LogP contribution in [0.3, 0.4) is 0 Å². The van der Waals surface area contributed by atoms with Crippen LogP contribution in [0.25, 0.3) is 0 Å². The van der Waals surface area contributed by atoms with E-state index in [2.05, 4.69) is 39.6 Å². The summed E-state index contributed by atoms with van der Waals surface area (Å²) in [6.45, 7) is 11.7. The van der Waals surface area contributed by atoms with Crippen LogP contribution in [0.2, 0.25) is 18.6 Å². The summed E-state index contributed by atoms with van der Waals surface area (Å²) in [7, 11) is -0.871. The van der Waals surface area contributed by atoms with Crippen LogP contribution in [0.4, 0.5) is 0 Å². The molecule has 0 aliphatic rings. The van der Waals surface area contributed by atoms with Crippen LogP contribution in [0.1, 0.15) is 52.9 Å². The first kappa shape index (κ1) is 19.2. The maximum atomic E-state index is 12.0. The molecule has 114 valence electrons. The van der Waals surface area contributed by atoms with Gasteiger partial charge in [0.25, 0.3) is 0 Å². The number of carbonyl (C=O) groups excluding carboxylic acids is 1. The minimum Gasteiger partial charge on any atom is -0.378 e. The molecule has 0 rings (SSSR count). The van der Waals surface area contributed by atoms with Gasteiger partial charge >= 0.3 is 0 Å². The van der Waals surface area contributed by atoms with Crippen LogP contribution in [0.15, 0.2) is 0 Å². The van der Waals surface area contributed by atoms with Crippen LogP contribution in [-0.4, -0.2) is 26.6 Å². The second-order valence-electron chi connectivity index (χ2n) is 5.67. The van der Waals surface area contributed by atoms with Gasteiger partial charge in [-0.05, 0) is 18.9 Å². The Morgan fingerprint density at radius 3 is 2.21 bits per heavy atom. The molecule has 0 heterocycles. The number of hydrogen-bond acceptors (Lipinski definition) is 2. The van der Waals surface area contributed by atoms with Gasteiger partial charge in [0.2, 0.25) is 0 Å². The number of thiol groups is 1. The molecule has 0 saturated carbocycles. The van der Waals surface area contributed by atoms with Crippen LogP contribution in [0, 0.1) is 5.92 Å². The highest BCUT2D eigenvalue weighted by molar-refractivity contribution is 7.96. The topological polar surface area (TPSA) is 26.3 Å². The normalized spacial score (nSPS) is 16.4. The number of hydrogen-bond donors (Lipinski definition) is 1. The zero-order valence-electron chi connectivity index (χ0n) is 13.3. The highest BCUT2D eigenvalue weighted by Crippen LogP contribution is 2.34. The third kappa shape index (κ3) is 6.96. The number of unbranched alkanes of at least 4 members (excludes halogenated alkanes) is 2. The summed E-state index contributed by atoms with van der Waals surface area (Å²) >= 11 is 4.16. The molecule has 0 saturated heterocycles. The molecule has 0 N–H and O–H groups in total. The van der Waals surface area contributed by atoms with Crippen molar-refractivity contribution >= 4 is 26.5 Å². The van der Waals surface area contributed by atoms with Crippen molar-refractivity contribution in [3.05, 3.63) is 0 Å². The molecule has 0 aromatic rings. The van der Waals surface area contributed by atoms with E-state index in [0.29, 0.717) is 12.1 Å². The lowest BCUT2D eigenvalue weighted by Crippen LogP contribution is -2.36. The fraction of sp³-hybridized carbons (Fsp3) is 0.933. The maximum absolute atomic E-state index is 12.0. The molecule has 0 fully saturated rings. The minimum absolute atomic E-state index is 0.00296. The van der Waals surface area contributed by atoms with Crippen molar-refractivity contribution in [1.82, 2.24) is 0 Å². The molecule has 0 amide bonds. The van der Waals surface area contributed by atoms with E-state index in [4.69, 9.17) is 4.74 Å². The lowest BCUT2D eigenvalue weighted by molar-refractivity contribution is -0.119. The van der Waals surface area contributed by atoms with E-state index >= 15 is 0 Å². The van der Waals surface area contributed by atoms with Gasteiger partial charge in [0.05, 0.1) is 12.0 Å². The van der Waals surface area contributed by atoms with Crippen molar-refractivity contribution in [2.75, 3.05) is 6.61 Å². The molecule has 4 heteroatoms. The maximum Gasteiger partial charge on any atom is 0.191 e. The van der Waals surface area contributed by atoms with Crippen molar-refractivity contribution in [1.29, 1.82) is 0 Å². The Kier molecular flexibility index (Phi) is 11.0. The Labute approximate surface area is 126 Å². The molecule has 0 aliphatic carbocycles. The third-order valence-corrected chi connectivity index (χ3v) is 6.84. The Morgan fingerprint density at radius 1 is 1.21 bits per heavy atom. The van der Waals surface area contributed by atoms with Crippen LogP contribution in [0.5, 0.6) is 0 Å². The van der Waals surface area contributed by atoms with Crippen molar-refractivity contribution in [3.63, 3.8) is 0 Å². The van der Waals surface area contributed by atoms with Gasteiger partial charge in [-0.2, -0.15) is 0 Å². The Hall–Kier alpha value is 0.197. The molecule has 3 atom stereocenters. The lowest BCUT2D eigenvalue weighted by Gasteiger charge is -2.33. The fourth-order valence-corrected chi connectivity index (χ4v) is 5.65. The molecule has 3 unspecified atom stereocenters. The molecule has 0 aromatic carbocycles. The zero-order valence-corrected chi connectivity index (χ0v) is 15.4. The van der Waals surface area contributed by atoms with Crippen LogP contribution < -0.4 is 0 Å². The highest BCUT2D eigenvalue weighted by Gasteiger charge is 2.35. The molecule has 0 spiro atoms. The predicted octanol–water partition coefficient (Wildman–Crippen LogP) is 4.31. The van der Waals surface area contributed by atoms with Crippen molar-refractivity contribution in [2.45, 2.75) is 77.6 Å². The first-order chi connectivity index (χ1) is 8.99. The number of carbonyl (C=O) groups is 1. The van der Waals surface area contributed by atoms with E-state index in [1.165, 1.54) is 12.8 Å². The van der Waals surface area contributed by atoms with Gasteiger partial charge in [-0.25, -0.2) is 0 Å². The highest BCUT2D eigenvalue weighted by atomic mass is 32.1. The molecular formula is C15H32O2SSi. The summed E-state index contributed by atoms with van der Waals surface area (Å²) in [4.78, 5) is 12.0. The van der Waals surface area contributed by atoms with Gasteiger partial charge in [-0.1, -0.05) is 52.6 Å². The molecule has 0 radical (unpaired) electrons. The summed E-state index contributed by atoms with van der Waals surface area (Å²) in [5.74, 6) is -0.00296. The Morgan fingerprint density at radius 2 is 1.84 bits per heavy atom. The van der Waals surface area contributed by atoms with Gasteiger partial charge in [-0.3, -0.25) is 4.79 Å². The van der Waals surface area contributed by atoms with Crippen molar-refractivity contribution < 1.29 is 9.53 Å². The van der Waals surface area contributed by atoms with Crippen molar-refractivity contribution in [2.24, 2.45) is 5.92 Å². The van der Waals surface area contributed by atoms with Crippen molar-refractivity contribution in [3.8, 4) is 0 Å². The first-order valence-corrected chi connectivity index (χ1v) is 11.3. The van der Waals surface area contributed by atoms with Gasteiger partial charge < -0.3 is 4.74 Å². The molecule has 0 aliphatic heterocycles. The quantitative estimate of drug-likeness (QED) is 0.350. The van der Waals surface area contributed by atoms with Crippen LogP contribution in [-0.2, 0) is 9.53 Å². The summed E-state index contributed by atoms with van der Waals surface area (Å²) in [5.41, 5.74) is 0.503. The number of rotatable bonds is 11. The van der Waals surface area contributed by atoms with E-state index in [9.17, 15) is 4.79 Å². The average Bonchev–Trinajstić information content (AvgIpc) is 2.34. The summed E-state index contributed by atoms with van der Waals surface area (Å²) in [6, 6.07) is 0. The standard InChI is InChI=1S/C15H32O2SSi/c1-6-9-10-11-12(17-8-3)14(15(16)18)13(7-2)19(4)5/h12-14,19H,6-11H2,1-5H3,(H,16,18). The zero-order chi connectivity index (χ0) is 14.8. The molecular weight excluding hydrogens is 272 g/mol. The Balaban J connectivity index is 4.87. The summed E-state index contributed by atoms with van der Waals surface area (Å²) in [5, 5.41) is 0.0306. The molecule has 0 bridgehead atoms. The fourth-order valence-electron chi connectivity index (χ4n) is 2.93. The monoisotopic (exact) mass is 304 g/mol. The van der Waals surface area contributed by atoms with E-state index in [-0.39, 0.29) is 17.1 Å². The molecule has 19 heavy (non-hydrogen) atoms. The first-order valence-electron chi connectivity index (χ1n) is 7.83. The third-order valence-electron chi connectivity index (χ3n) is 3.95. The molecule has 2 nitrogen and oxygen atoms in total. The van der Waals surface area contributed by atoms with Crippen LogP contribution >= 0.6 is 12.6 Å². The largest absolute Gasteiger partial charge is 0.378 e. The van der Waals surface area contributed by atoms with E-state index in [1.807, 2.05) is 6.92 Å². The van der Waals surface area contributed by atoms with E-state index in [1.54, 1.807) is 0 Å².